The molecule has 86 valence electrons. The van der Waals surface area contributed by atoms with E-state index in [-0.39, 0.29) is 6.04 Å². The molecule has 1 atom stereocenters. The van der Waals surface area contributed by atoms with Crippen molar-refractivity contribution < 1.29 is 4.74 Å². The Morgan fingerprint density at radius 3 is 2.87 bits per heavy atom. The monoisotopic (exact) mass is 277 g/mol. The van der Waals surface area contributed by atoms with Gasteiger partial charge in [0.2, 0.25) is 0 Å². The molecule has 0 spiro atoms. The molecule has 0 aliphatic carbocycles. The van der Waals surface area contributed by atoms with Crippen molar-refractivity contribution in [2.24, 2.45) is 12.9 Å². The highest BCUT2D eigenvalue weighted by Crippen LogP contribution is 2.19. The second kappa shape index (κ2) is 6.16. The highest BCUT2D eigenvalue weighted by atomic mass is 79.9. The summed E-state index contributed by atoms with van der Waals surface area (Å²) >= 11 is 3.32. The van der Waals surface area contributed by atoms with Crippen LogP contribution in [0.5, 0.6) is 0 Å². The Morgan fingerprint density at radius 1 is 1.67 bits per heavy atom. The van der Waals surface area contributed by atoms with Crippen molar-refractivity contribution in [3.63, 3.8) is 0 Å². The van der Waals surface area contributed by atoms with Crippen LogP contribution in [0, 0.1) is 0 Å². The second-order valence-electron chi connectivity index (χ2n) is 3.18. The van der Waals surface area contributed by atoms with Crippen LogP contribution >= 0.6 is 15.9 Å². The first-order chi connectivity index (χ1) is 7.20. The molecule has 0 aliphatic heterocycles. The van der Waals surface area contributed by atoms with Crippen molar-refractivity contribution in [3.05, 3.63) is 10.3 Å². The summed E-state index contributed by atoms with van der Waals surface area (Å²) in [6, 6.07) is -0.106. The lowest BCUT2D eigenvalue weighted by atomic mass is 10.2. The molecular formula is C8H16BrN5O. The van der Waals surface area contributed by atoms with Crippen LogP contribution in [-0.2, 0) is 11.8 Å². The molecule has 1 rings (SSSR count). The van der Waals surface area contributed by atoms with Crippen LogP contribution in [0.15, 0.2) is 4.60 Å². The minimum Gasteiger partial charge on any atom is -0.379 e. The molecule has 0 radical (unpaired) electrons. The van der Waals surface area contributed by atoms with E-state index in [2.05, 4.69) is 38.6 Å². The van der Waals surface area contributed by atoms with Gasteiger partial charge in [0.05, 0.1) is 18.3 Å². The first-order valence-electron chi connectivity index (χ1n) is 4.79. The fraction of sp³-hybridized carbons (Fsp3) is 0.750. The Labute approximate surface area is 97.3 Å². The second-order valence-corrected chi connectivity index (χ2v) is 3.93. The van der Waals surface area contributed by atoms with Crippen LogP contribution in [0.25, 0.3) is 0 Å². The van der Waals surface area contributed by atoms with E-state index < -0.39 is 0 Å². The van der Waals surface area contributed by atoms with Gasteiger partial charge in [0, 0.05) is 13.7 Å². The number of nitrogens with two attached hydrogens (primary N) is 1. The van der Waals surface area contributed by atoms with Crippen LogP contribution in [0.1, 0.15) is 25.1 Å². The van der Waals surface area contributed by atoms with Crippen LogP contribution in [0.2, 0.25) is 0 Å². The lowest BCUT2D eigenvalue weighted by Gasteiger charge is -2.15. The average Bonchev–Trinajstić information content (AvgIpc) is 2.55. The molecule has 0 aliphatic rings. The normalized spacial score (nSPS) is 13.1. The van der Waals surface area contributed by atoms with Gasteiger partial charge in [0.15, 0.2) is 4.60 Å². The maximum absolute atomic E-state index is 5.46. The summed E-state index contributed by atoms with van der Waals surface area (Å²) in [7, 11) is 1.82. The maximum Gasteiger partial charge on any atom is 0.153 e. The van der Waals surface area contributed by atoms with Gasteiger partial charge in [0.25, 0.3) is 0 Å². The third kappa shape index (κ3) is 3.23. The zero-order valence-electron chi connectivity index (χ0n) is 8.90. The molecule has 1 heterocycles. The molecule has 0 bridgehead atoms. The van der Waals surface area contributed by atoms with Crippen molar-refractivity contribution in [1.29, 1.82) is 0 Å². The summed E-state index contributed by atoms with van der Waals surface area (Å²) in [5.74, 6) is 5.46. The lowest BCUT2D eigenvalue weighted by molar-refractivity contribution is 0.109. The molecule has 1 unspecified atom stereocenters. The number of ether oxygens (including phenoxy) is 1. The quantitative estimate of drug-likeness (QED) is 0.450. The first-order valence-corrected chi connectivity index (χ1v) is 5.59. The van der Waals surface area contributed by atoms with E-state index in [1.807, 2.05) is 7.05 Å². The molecule has 15 heavy (non-hydrogen) atoms. The highest BCUT2D eigenvalue weighted by Gasteiger charge is 2.18. The van der Waals surface area contributed by atoms with Gasteiger partial charge >= 0.3 is 0 Å². The summed E-state index contributed by atoms with van der Waals surface area (Å²) in [5, 5.41) is 7.77. The SMILES string of the molecule is CCCOCC(NN)c1c(Br)nnn1C. The summed E-state index contributed by atoms with van der Waals surface area (Å²) in [6.07, 6.45) is 0.988. The Balaban J connectivity index is 2.65. The summed E-state index contributed by atoms with van der Waals surface area (Å²) in [5.41, 5.74) is 3.57. The fourth-order valence-electron chi connectivity index (χ4n) is 1.26. The van der Waals surface area contributed by atoms with E-state index in [0.29, 0.717) is 11.2 Å². The Hall–Kier alpha value is -0.500. The summed E-state index contributed by atoms with van der Waals surface area (Å²) in [6.45, 7) is 3.29. The first kappa shape index (κ1) is 12.6. The van der Waals surface area contributed by atoms with Crippen molar-refractivity contribution in [1.82, 2.24) is 20.4 Å². The van der Waals surface area contributed by atoms with E-state index in [1.165, 1.54) is 0 Å². The minimum atomic E-state index is -0.106. The molecular weight excluding hydrogens is 262 g/mol. The average molecular weight is 278 g/mol. The fourth-order valence-corrected chi connectivity index (χ4v) is 1.86. The topological polar surface area (TPSA) is 78.0 Å². The third-order valence-corrected chi connectivity index (χ3v) is 2.56. The zero-order valence-corrected chi connectivity index (χ0v) is 10.5. The Kier molecular flexibility index (Phi) is 5.16. The largest absolute Gasteiger partial charge is 0.379 e. The van der Waals surface area contributed by atoms with Gasteiger partial charge in [0.1, 0.15) is 0 Å². The standard InChI is InChI=1S/C8H16BrN5O/c1-3-4-15-5-6(11-10)7-8(9)12-13-14(7)2/h6,11H,3-5,10H2,1-2H3. The predicted octanol–water partition coefficient (Wildman–Crippen LogP) is 0.509. The highest BCUT2D eigenvalue weighted by molar-refractivity contribution is 9.10. The van der Waals surface area contributed by atoms with E-state index in [1.54, 1.807) is 4.68 Å². The van der Waals surface area contributed by atoms with Crippen molar-refractivity contribution in [2.75, 3.05) is 13.2 Å². The number of rotatable bonds is 6. The molecule has 0 fully saturated rings. The smallest absolute Gasteiger partial charge is 0.153 e. The van der Waals surface area contributed by atoms with Gasteiger partial charge < -0.3 is 4.74 Å². The van der Waals surface area contributed by atoms with Crippen LogP contribution < -0.4 is 11.3 Å². The number of nitrogens with one attached hydrogen (secondary N) is 1. The number of hydrogen-bond donors (Lipinski definition) is 2. The van der Waals surface area contributed by atoms with Gasteiger partial charge in [-0.25, -0.2) is 10.1 Å². The van der Waals surface area contributed by atoms with Gasteiger partial charge in [-0.05, 0) is 22.4 Å². The molecule has 0 saturated heterocycles. The van der Waals surface area contributed by atoms with Gasteiger partial charge in [-0.15, -0.1) is 5.10 Å². The zero-order chi connectivity index (χ0) is 11.3. The molecule has 1 aromatic heterocycles. The van der Waals surface area contributed by atoms with E-state index in [9.17, 15) is 0 Å². The maximum atomic E-state index is 5.46. The molecule has 0 saturated carbocycles. The molecule has 1 aromatic rings. The number of nitrogens with zero attached hydrogens (tertiary/aromatic N) is 3. The van der Waals surface area contributed by atoms with Crippen LogP contribution in [0.3, 0.4) is 0 Å². The van der Waals surface area contributed by atoms with Crippen molar-refractivity contribution >= 4 is 15.9 Å². The number of hydrazine groups is 1. The lowest BCUT2D eigenvalue weighted by Crippen LogP contribution is -2.33. The van der Waals surface area contributed by atoms with Crippen LogP contribution in [-0.4, -0.2) is 28.2 Å². The van der Waals surface area contributed by atoms with Gasteiger partial charge in [-0.1, -0.05) is 12.1 Å². The minimum absolute atomic E-state index is 0.106. The van der Waals surface area contributed by atoms with E-state index in [4.69, 9.17) is 10.6 Å². The molecule has 0 aromatic carbocycles. The number of aryl methyl sites for hydroxylation is 1. The number of aromatic nitrogens is 3. The van der Waals surface area contributed by atoms with Crippen molar-refractivity contribution in [2.45, 2.75) is 19.4 Å². The van der Waals surface area contributed by atoms with E-state index in [0.717, 1.165) is 18.7 Å². The van der Waals surface area contributed by atoms with Gasteiger partial charge in [-0.3, -0.25) is 5.84 Å². The van der Waals surface area contributed by atoms with E-state index >= 15 is 0 Å². The number of halogens is 1. The molecule has 3 N–H and O–H groups in total. The number of hydrogen-bond acceptors (Lipinski definition) is 5. The van der Waals surface area contributed by atoms with Crippen molar-refractivity contribution in [3.8, 4) is 0 Å². The molecule has 7 heteroatoms. The summed E-state index contributed by atoms with van der Waals surface area (Å²) in [4.78, 5) is 0. The Morgan fingerprint density at radius 2 is 2.40 bits per heavy atom. The van der Waals surface area contributed by atoms with Crippen LogP contribution in [0.4, 0.5) is 0 Å². The van der Waals surface area contributed by atoms with Gasteiger partial charge in [-0.2, -0.15) is 0 Å². The Bertz CT molecular complexity index is 284. The summed E-state index contributed by atoms with van der Waals surface area (Å²) < 4.78 is 7.80. The third-order valence-electron chi connectivity index (χ3n) is 1.99. The molecule has 6 nitrogen and oxygen atoms in total. The molecule has 0 amide bonds. The predicted molar refractivity (Wildman–Crippen MR) is 59.9 cm³/mol.